The summed E-state index contributed by atoms with van der Waals surface area (Å²) >= 11 is 3.39. The molecule has 1 fully saturated rings. The maximum atomic E-state index is 11.9. The van der Waals surface area contributed by atoms with Gasteiger partial charge < -0.3 is 16.0 Å². The fourth-order valence-electron chi connectivity index (χ4n) is 2.22. The van der Waals surface area contributed by atoms with Crippen LogP contribution in [-0.2, 0) is 4.79 Å². The lowest BCUT2D eigenvalue weighted by Gasteiger charge is -2.23. The molecule has 0 spiro atoms. The summed E-state index contributed by atoms with van der Waals surface area (Å²) in [5.74, 6) is 1.21. The van der Waals surface area contributed by atoms with Gasteiger partial charge in [0.25, 0.3) is 0 Å². The Labute approximate surface area is 114 Å². The van der Waals surface area contributed by atoms with Crippen LogP contribution < -0.4 is 16.0 Å². The number of anilines is 2. The van der Waals surface area contributed by atoms with Gasteiger partial charge in [-0.05, 0) is 29.3 Å². The fourth-order valence-corrected chi connectivity index (χ4v) is 2.68. The average molecular weight is 314 g/mol. The van der Waals surface area contributed by atoms with Crippen LogP contribution in [0.5, 0.6) is 0 Å². The van der Waals surface area contributed by atoms with Crippen LogP contribution in [0.4, 0.5) is 11.6 Å². The summed E-state index contributed by atoms with van der Waals surface area (Å²) in [6.45, 7) is 3.37. The molecule has 1 saturated heterocycles. The van der Waals surface area contributed by atoms with E-state index >= 15 is 0 Å². The van der Waals surface area contributed by atoms with Gasteiger partial charge in [0, 0.05) is 20.1 Å². The standard InChI is InChI=1S/C11H16BrN5O/c1-11(10(18)14-2)3-4-17(5-11)9-7(12)8(13)15-6-16-9/h6H,3-5H2,1-2H3,(H,14,18)(H2,13,15,16). The van der Waals surface area contributed by atoms with Gasteiger partial charge in [-0.3, -0.25) is 4.79 Å². The van der Waals surface area contributed by atoms with E-state index in [4.69, 9.17) is 5.73 Å². The molecule has 1 aromatic heterocycles. The third-order valence-electron chi connectivity index (χ3n) is 3.35. The number of nitrogens with one attached hydrogen (secondary N) is 1. The molecule has 1 aliphatic heterocycles. The van der Waals surface area contributed by atoms with Crippen LogP contribution in [0.3, 0.4) is 0 Å². The number of carbonyl (C=O) groups is 1. The van der Waals surface area contributed by atoms with Crippen molar-refractivity contribution in [2.24, 2.45) is 5.41 Å². The van der Waals surface area contributed by atoms with E-state index in [1.807, 2.05) is 6.92 Å². The first-order chi connectivity index (χ1) is 8.48. The first-order valence-electron chi connectivity index (χ1n) is 5.71. The third kappa shape index (κ3) is 2.14. The van der Waals surface area contributed by atoms with Gasteiger partial charge in [0.15, 0.2) is 0 Å². The first kappa shape index (κ1) is 13.1. The maximum absolute atomic E-state index is 11.9. The summed E-state index contributed by atoms with van der Waals surface area (Å²) in [4.78, 5) is 22.1. The lowest BCUT2D eigenvalue weighted by atomic mass is 9.89. The predicted molar refractivity (Wildman–Crippen MR) is 73.1 cm³/mol. The highest BCUT2D eigenvalue weighted by Crippen LogP contribution is 2.36. The highest BCUT2D eigenvalue weighted by Gasteiger charge is 2.40. The monoisotopic (exact) mass is 313 g/mol. The Morgan fingerprint density at radius 2 is 2.33 bits per heavy atom. The molecule has 0 aliphatic carbocycles. The van der Waals surface area contributed by atoms with Gasteiger partial charge in [0.05, 0.1) is 5.41 Å². The Morgan fingerprint density at radius 1 is 1.61 bits per heavy atom. The zero-order chi connectivity index (χ0) is 13.3. The second kappa shape index (κ2) is 4.72. The molecule has 18 heavy (non-hydrogen) atoms. The molecular weight excluding hydrogens is 298 g/mol. The normalized spacial score (nSPS) is 23.2. The van der Waals surface area contributed by atoms with E-state index < -0.39 is 0 Å². The number of halogens is 1. The zero-order valence-corrected chi connectivity index (χ0v) is 12.0. The van der Waals surface area contributed by atoms with Crippen LogP contribution in [0, 0.1) is 5.41 Å². The lowest BCUT2D eigenvalue weighted by molar-refractivity contribution is -0.128. The van der Waals surface area contributed by atoms with E-state index in [1.54, 1.807) is 7.05 Å². The molecule has 98 valence electrons. The van der Waals surface area contributed by atoms with Gasteiger partial charge in [-0.15, -0.1) is 0 Å². The van der Waals surface area contributed by atoms with Crippen molar-refractivity contribution in [2.45, 2.75) is 13.3 Å². The Hall–Kier alpha value is -1.37. The number of rotatable bonds is 2. The van der Waals surface area contributed by atoms with Crippen molar-refractivity contribution in [1.82, 2.24) is 15.3 Å². The zero-order valence-electron chi connectivity index (χ0n) is 10.4. The van der Waals surface area contributed by atoms with E-state index in [1.165, 1.54) is 6.33 Å². The molecule has 7 heteroatoms. The van der Waals surface area contributed by atoms with Crippen molar-refractivity contribution < 1.29 is 4.79 Å². The van der Waals surface area contributed by atoms with Gasteiger partial charge >= 0.3 is 0 Å². The van der Waals surface area contributed by atoms with E-state index in [0.717, 1.165) is 18.8 Å². The SMILES string of the molecule is CNC(=O)C1(C)CCN(c2ncnc(N)c2Br)C1. The summed E-state index contributed by atoms with van der Waals surface area (Å²) in [5, 5.41) is 2.71. The molecule has 0 saturated carbocycles. The van der Waals surface area contributed by atoms with Gasteiger partial charge in [-0.2, -0.15) is 0 Å². The molecule has 0 radical (unpaired) electrons. The molecule has 0 bridgehead atoms. The molecule has 2 rings (SSSR count). The molecule has 3 N–H and O–H groups in total. The second-order valence-corrected chi connectivity index (χ2v) is 5.50. The highest BCUT2D eigenvalue weighted by molar-refractivity contribution is 9.10. The van der Waals surface area contributed by atoms with Gasteiger partial charge in [-0.1, -0.05) is 0 Å². The largest absolute Gasteiger partial charge is 0.383 e. The van der Waals surface area contributed by atoms with Crippen molar-refractivity contribution in [3.8, 4) is 0 Å². The van der Waals surface area contributed by atoms with Gasteiger partial charge in [0.1, 0.15) is 22.4 Å². The number of nitrogens with zero attached hydrogens (tertiary/aromatic N) is 3. The van der Waals surface area contributed by atoms with Gasteiger partial charge in [-0.25, -0.2) is 9.97 Å². The summed E-state index contributed by atoms with van der Waals surface area (Å²) in [6, 6.07) is 0. The second-order valence-electron chi connectivity index (χ2n) is 4.71. The average Bonchev–Trinajstić information content (AvgIpc) is 2.75. The van der Waals surface area contributed by atoms with Crippen molar-refractivity contribution in [1.29, 1.82) is 0 Å². The number of nitrogens with two attached hydrogens (primary N) is 1. The van der Waals surface area contributed by atoms with Crippen LogP contribution in [0.15, 0.2) is 10.8 Å². The Bertz CT molecular complexity index is 481. The minimum atomic E-state index is -0.381. The topological polar surface area (TPSA) is 84.1 Å². The Balaban J connectivity index is 2.23. The summed E-state index contributed by atoms with van der Waals surface area (Å²) in [7, 11) is 1.66. The van der Waals surface area contributed by atoms with Crippen LogP contribution in [0.2, 0.25) is 0 Å². The highest BCUT2D eigenvalue weighted by atomic mass is 79.9. The van der Waals surface area contributed by atoms with Crippen LogP contribution in [-0.4, -0.2) is 36.0 Å². The van der Waals surface area contributed by atoms with Crippen LogP contribution >= 0.6 is 15.9 Å². The minimum Gasteiger partial charge on any atom is -0.383 e. The molecule has 0 aromatic carbocycles. The quantitative estimate of drug-likeness (QED) is 0.843. The Kier molecular flexibility index (Phi) is 3.43. The molecular formula is C11H16BrN5O. The third-order valence-corrected chi connectivity index (χ3v) is 4.11. The smallest absolute Gasteiger partial charge is 0.227 e. The predicted octanol–water partition coefficient (Wildman–Crippen LogP) is 0.784. The van der Waals surface area contributed by atoms with Crippen molar-refractivity contribution in [2.75, 3.05) is 30.8 Å². The molecule has 2 heterocycles. The van der Waals surface area contributed by atoms with Crippen LogP contribution in [0.1, 0.15) is 13.3 Å². The van der Waals surface area contributed by atoms with Crippen molar-refractivity contribution in [3.05, 3.63) is 10.8 Å². The lowest BCUT2D eigenvalue weighted by Crippen LogP contribution is -2.39. The number of hydrogen-bond donors (Lipinski definition) is 2. The van der Waals surface area contributed by atoms with E-state index in [0.29, 0.717) is 16.8 Å². The van der Waals surface area contributed by atoms with E-state index in [2.05, 4.69) is 36.1 Å². The molecule has 1 unspecified atom stereocenters. The first-order valence-corrected chi connectivity index (χ1v) is 6.50. The molecule has 1 aromatic rings. The fraction of sp³-hybridized carbons (Fsp3) is 0.545. The van der Waals surface area contributed by atoms with Crippen LogP contribution in [0.25, 0.3) is 0 Å². The number of hydrogen-bond acceptors (Lipinski definition) is 5. The number of aromatic nitrogens is 2. The number of nitrogen functional groups attached to an aromatic ring is 1. The van der Waals surface area contributed by atoms with E-state index in [9.17, 15) is 4.79 Å². The summed E-state index contributed by atoms with van der Waals surface area (Å²) in [6.07, 6.45) is 2.23. The molecule has 1 aliphatic rings. The van der Waals surface area contributed by atoms with Crippen molar-refractivity contribution >= 4 is 33.5 Å². The maximum Gasteiger partial charge on any atom is 0.227 e. The van der Waals surface area contributed by atoms with Gasteiger partial charge in [0.2, 0.25) is 5.91 Å². The minimum absolute atomic E-state index is 0.0585. The Morgan fingerprint density at radius 3 is 3.00 bits per heavy atom. The molecule has 1 amide bonds. The van der Waals surface area contributed by atoms with Crippen molar-refractivity contribution in [3.63, 3.8) is 0 Å². The summed E-state index contributed by atoms with van der Waals surface area (Å²) < 4.78 is 0.686. The molecule has 6 nitrogen and oxygen atoms in total. The van der Waals surface area contributed by atoms with E-state index in [-0.39, 0.29) is 11.3 Å². The number of carbonyl (C=O) groups excluding carboxylic acids is 1. The molecule has 1 atom stereocenters. The summed E-state index contributed by atoms with van der Waals surface area (Å²) in [5.41, 5.74) is 5.36. The number of amides is 1.